The number of carbonyl (C=O) groups is 2. The van der Waals surface area contributed by atoms with E-state index >= 15 is 0 Å². The molecule has 3 aromatic rings. The van der Waals surface area contributed by atoms with Gasteiger partial charge in [0.15, 0.2) is 16.0 Å². The summed E-state index contributed by atoms with van der Waals surface area (Å²) in [4.78, 5) is 26.1. The third-order valence-electron chi connectivity index (χ3n) is 4.19. The van der Waals surface area contributed by atoms with Crippen LogP contribution >= 0.6 is 0 Å². The molecule has 1 aliphatic rings. The fourth-order valence-electron chi connectivity index (χ4n) is 3.12. The lowest BCUT2D eigenvalue weighted by molar-refractivity contribution is -0.0000287. The van der Waals surface area contributed by atoms with Crippen LogP contribution in [0.15, 0.2) is 70.5 Å². The van der Waals surface area contributed by atoms with Gasteiger partial charge in [-0.1, -0.05) is 36.4 Å². The highest BCUT2D eigenvalue weighted by molar-refractivity contribution is 7.95. The van der Waals surface area contributed by atoms with Crippen molar-refractivity contribution in [2.24, 2.45) is 0 Å². The zero-order chi connectivity index (χ0) is 16.8. The molecule has 0 radical (unpaired) electrons. The molecule has 0 bridgehead atoms. The molecular formula is C19H14ClNO3S. The zero-order valence-electron chi connectivity index (χ0n) is 13.3. The normalized spacial score (nSPS) is 15.8. The molecule has 6 heteroatoms. The second-order valence-electron chi connectivity index (χ2n) is 5.55. The summed E-state index contributed by atoms with van der Waals surface area (Å²) in [5.41, 5.74) is 0.902. The Kier molecular flexibility index (Phi) is 4.45. The van der Waals surface area contributed by atoms with Crippen LogP contribution < -0.4 is 12.4 Å². The van der Waals surface area contributed by atoms with Crippen LogP contribution in [0.4, 0.5) is 0 Å². The minimum atomic E-state index is -0.981. The number of halogens is 1. The van der Waals surface area contributed by atoms with E-state index in [2.05, 4.69) is 0 Å². The second kappa shape index (κ2) is 6.43. The Morgan fingerprint density at radius 3 is 2.32 bits per heavy atom. The molecule has 0 spiro atoms. The lowest BCUT2D eigenvalue weighted by atomic mass is 10.0. The maximum absolute atomic E-state index is 12.9. The van der Waals surface area contributed by atoms with Gasteiger partial charge in [-0.15, -0.1) is 4.31 Å². The minimum absolute atomic E-state index is 0. The second-order valence-corrected chi connectivity index (χ2v) is 7.55. The van der Waals surface area contributed by atoms with Crippen LogP contribution in [0.1, 0.15) is 20.7 Å². The first-order valence-electron chi connectivity index (χ1n) is 7.46. The van der Waals surface area contributed by atoms with Crippen LogP contribution in [0.5, 0.6) is 0 Å². The Bertz CT molecular complexity index is 1000. The first-order valence-corrected chi connectivity index (χ1v) is 8.64. The van der Waals surface area contributed by atoms with Gasteiger partial charge in [0.25, 0.3) is 5.91 Å². The number of benzene rings is 3. The fourth-order valence-corrected chi connectivity index (χ4v) is 5.41. The highest BCUT2D eigenvalue weighted by atomic mass is 35.5. The third kappa shape index (κ3) is 2.56. The van der Waals surface area contributed by atoms with Gasteiger partial charge in [-0.3, -0.25) is 4.79 Å². The van der Waals surface area contributed by atoms with Gasteiger partial charge >= 0.3 is 5.97 Å². The number of carboxylic acids is 1. The monoisotopic (exact) mass is 371 g/mol. The van der Waals surface area contributed by atoms with Gasteiger partial charge in [0.1, 0.15) is 5.56 Å². The Morgan fingerprint density at radius 2 is 1.60 bits per heavy atom. The summed E-state index contributed by atoms with van der Waals surface area (Å²) in [6.07, 6.45) is 0. The lowest BCUT2D eigenvalue weighted by Crippen LogP contribution is -3.00. The summed E-state index contributed by atoms with van der Waals surface area (Å²) in [5, 5.41) is 11.5. The number of carboxylic acid groups (broad SMARTS) is 1. The van der Waals surface area contributed by atoms with Crippen molar-refractivity contribution < 1.29 is 27.1 Å². The molecule has 4 rings (SSSR count). The molecule has 1 aliphatic heterocycles. The molecule has 25 heavy (non-hydrogen) atoms. The lowest BCUT2D eigenvalue weighted by Gasteiger charge is -2.24. The van der Waals surface area contributed by atoms with E-state index in [-0.39, 0.29) is 23.9 Å². The predicted octanol–water partition coefficient (Wildman–Crippen LogP) is 0.579. The van der Waals surface area contributed by atoms with Crippen molar-refractivity contribution in [1.82, 2.24) is 4.31 Å². The van der Waals surface area contributed by atoms with Gasteiger partial charge in [-0.25, -0.2) is 4.79 Å². The molecule has 1 amide bonds. The fraction of sp³-hybridized carbons (Fsp3) is 0.0526. The molecule has 0 aromatic heterocycles. The van der Waals surface area contributed by atoms with E-state index in [0.717, 1.165) is 15.7 Å². The average Bonchev–Trinajstić information content (AvgIpc) is 2.60. The van der Waals surface area contributed by atoms with Gasteiger partial charge in [-0.05, 0) is 29.7 Å². The SMILES string of the molecule is CN1C(=O)c2cccc3cccc(c23)[S+]1c1ccccc1C(=O)O.[Cl-]. The van der Waals surface area contributed by atoms with Gasteiger partial charge in [-0.2, -0.15) is 0 Å². The van der Waals surface area contributed by atoms with Gasteiger partial charge in [0.2, 0.25) is 4.90 Å². The van der Waals surface area contributed by atoms with Crippen molar-refractivity contribution in [3.63, 3.8) is 0 Å². The number of nitrogens with zero attached hydrogens (tertiary/aromatic N) is 1. The van der Waals surface area contributed by atoms with E-state index in [1.54, 1.807) is 29.6 Å². The van der Waals surface area contributed by atoms with Crippen molar-refractivity contribution in [3.8, 4) is 0 Å². The Balaban J connectivity index is 0.00000182. The molecule has 1 unspecified atom stereocenters. The highest BCUT2D eigenvalue weighted by Crippen LogP contribution is 2.39. The molecule has 0 aliphatic carbocycles. The van der Waals surface area contributed by atoms with Gasteiger partial charge in [0, 0.05) is 0 Å². The Hall–Kier alpha value is -2.50. The van der Waals surface area contributed by atoms with Crippen molar-refractivity contribution >= 4 is 33.7 Å². The first kappa shape index (κ1) is 17.3. The smallest absolute Gasteiger partial charge is 0.340 e. The number of rotatable bonds is 2. The predicted molar refractivity (Wildman–Crippen MR) is 93.3 cm³/mol. The van der Waals surface area contributed by atoms with Crippen LogP contribution in [0.3, 0.4) is 0 Å². The maximum atomic E-state index is 12.9. The molecular weight excluding hydrogens is 358 g/mol. The standard InChI is InChI=1S/C19H13NO3S.ClH/c1-20-18(21)14-9-4-6-12-7-5-11-16(17(12)14)24(20)15-10-3-2-8-13(15)19(22)23;/h2-11H,1H3;1H. The summed E-state index contributed by atoms with van der Waals surface area (Å²) in [7, 11) is 1.73. The topological polar surface area (TPSA) is 57.6 Å². The summed E-state index contributed by atoms with van der Waals surface area (Å²) in [5.74, 6) is -1.06. The third-order valence-corrected chi connectivity index (χ3v) is 6.43. The van der Waals surface area contributed by atoms with E-state index in [0.29, 0.717) is 10.5 Å². The van der Waals surface area contributed by atoms with Crippen LogP contribution in [0.2, 0.25) is 0 Å². The molecule has 0 saturated heterocycles. The molecule has 4 nitrogen and oxygen atoms in total. The van der Waals surface area contributed by atoms with Crippen LogP contribution in [0.25, 0.3) is 10.8 Å². The van der Waals surface area contributed by atoms with E-state index in [4.69, 9.17) is 0 Å². The number of hydrogen-bond acceptors (Lipinski definition) is 2. The van der Waals surface area contributed by atoms with Gasteiger partial charge < -0.3 is 17.5 Å². The van der Waals surface area contributed by atoms with Crippen LogP contribution in [-0.2, 0) is 11.1 Å². The van der Waals surface area contributed by atoms with Crippen LogP contribution in [-0.4, -0.2) is 28.3 Å². The first-order chi connectivity index (χ1) is 11.6. The number of amides is 1. The van der Waals surface area contributed by atoms with Gasteiger partial charge in [0.05, 0.1) is 18.0 Å². The molecule has 1 N–H and O–H groups in total. The quantitative estimate of drug-likeness (QED) is 0.670. The summed E-state index contributed by atoms with van der Waals surface area (Å²) < 4.78 is 1.65. The minimum Gasteiger partial charge on any atom is -1.00 e. The molecule has 126 valence electrons. The van der Waals surface area contributed by atoms with E-state index in [9.17, 15) is 14.7 Å². The maximum Gasteiger partial charge on any atom is 0.340 e. The largest absolute Gasteiger partial charge is 1.00 e. The number of aromatic carboxylic acids is 1. The van der Waals surface area contributed by atoms with Crippen molar-refractivity contribution in [1.29, 1.82) is 0 Å². The summed E-state index contributed by atoms with van der Waals surface area (Å²) >= 11 is -0.760. The van der Waals surface area contributed by atoms with E-state index in [1.165, 1.54) is 0 Å². The molecule has 0 saturated carbocycles. The Morgan fingerprint density at radius 1 is 0.960 bits per heavy atom. The van der Waals surface area contributed by atoms with Crippen molar-refractivity contribution in [3.05, 3.63) is 71.8 Å². The Labute approximate surface area is 154 Å². The molecule has 0 fully saturated rings. The number of hydrogen-bond donors (Lipinski definition) is 1. The number of carbonyl (C=O) groups excluding carboxylic acids is 1. The van der Waals surface area contributed by atoms with Crippen LogP contribution in [0, 0.1) is 0 Å². The van der Waals surface area contributed by atoms with E-state index in [1.807, 2.05) is 42.5 Å². The summed E-state index contributed by atoms with van der Waals surface area (Å²) in [6.45, 7) is 0. The summed E-state index contributed by atoms with van der Waals surface area (Å²) in [6, 6.07) is 18.5. The zero-order valence-corrected chi connectivity index (χ0v) is 14.8. The van der Waals surface area contributed by atoms with E-state index < -0.39 is 17.1 Å². The molecule has 1 atom stereocenters. The molecule has 1 heterocycles. The average molecular weight is 372 g/mol. The van der Waals surface area contributed by atoms with Crippen molar-refractivity contribution in [2.45, 2.75) is 9.79 Å². The van der Waals surface area contributed by atoms with Crippen molar-refractivity contribution in [2.75, 3.05) is 7.05 Å². The highest BCUT2D eigenvalue weighted by Gasteiger charge is 2.44. The molecule has 3 aromatic carbocycles.